The van der Waals surface area contributed by atoms with E-state index in [1.165, 1.54) is 4.90 Å². The van der Waals surface area contributed by atoms with Gasteiger partial charge in [0.15, 0.2) is 5.84 Å². The number of hydrogen-bond donors (Lipinski definition) is 3. The van der Waals surface area contributed by atoms with Crippen LogP contribution in [-0.2, 0) is 9.59 Å². The van der Waals surface area contributed by atoms with Crippen molar-refractivity contribution in [3.63, 3.8) is 0 Å². The van der Waals surface area contributed by atoms with Crippen molar-refractivity contribution in [3.05, 3.63) is 0 Å². The molecule has 0 aromatic heterocycles. The molecule has 2 amide bonds. The van der Waals surface area contributed by atoms with Crippen molar-refractivity contribution < 1.29 is 14.8 Å². The Balaban J connectivity index is 2.56. The van der Waals surface area contributed by atoms with Gasteiger partial charge in [0, 0.05) is 27.1 Å². The number of nitrogens with one attached hydrogen (secondary N) is 1. The number of nitrogens with zero attached hydrogens (tertiary/aromatic N) is 2. The van der Waals surface area contributed by atoms with E-state index in [1.807, 2.05) is 0 Å². The summed E-state index contributed by atoms with van der Waals surface area (Å²) in [4.78, 5) is 24.6. The van der Waals surface area contributed by atoms with Gasteiger partial charge in [-0.05, 0) is 12.8 Å². The number of amidine groups is 1. The normalized spacial score (nSPS) is 17.4. The van der Waals surface area contributed by atoms with Gasteiger partial charge in [-0.3, -0.25) is 9.59 Å². The third-order valence-corrected chi connectivity index (χ3v) is 3.06. The molecule has 0 bridgehead atoms. The Morgan fingerprint density at radius 2 is 2.12 bits per heavy atom. The van der Waals surface area contributed by atoms with Crippen molar-refractivity contribution >= 4 is 17.6 Å². The second-order valence-electron chi connectivity index (χ2n) is 4.22. The van der Waals surface area contributed by atoms with Gasteiger partial charge in [0.2, 0.25) is 11.8 Å². The van der Waals surface area contributed by atoms with Crippen LogP contribution in [0.5, 0.6) is 0 Å². The van der Waals surface area contributed by atoms with Crippen molar-refractivity contribution in [2.24, 2.45) is 16.3 Å². The Morgan fingerprint density at radius 1 is 1.53 bits per heavy atom. The lowest BCUT2D eigenvalue weighted by atomic mass is 10.0. The van der Waals surface area contributed by atoms with Crippen molar-refractivity contribution in [1.29, 1.82) is 0 Å². The predicted molar refractivity (Wildman–Crippen MR) is 61.4 cm³/mol. The summed E-state index contributed by atoms with van der Waals surface area (Å²) in [6.07, 6.45) is 1.42. The lowest BCUT2D eigenvalue weighted by Crippen LogP contribution is -2.42. The molecule has 0 aromatic carbocycles. The first-order valence-corrected chi connectivity index (χ1v) is 5.42. The van der Waals surface area contributed by atoms with Crippen LogP contribution in [0.3, 0.4) is 0 Å². The minimum absolute atomic E-state index is 0.0470. The van der Waals surface area contributed by atoms with E-state index < -0.39 is 5.41 Å². The van der Waals surface area contributed by atoms with Crippen LogP contribution in [0.1, 0.15) is 19.3 Å². The largest absolute Gasteiger partial charge is 0.409 e. The summed E-state index contributed by atoms with van der Waals surface area (Å²) in [5.74, 6) is -0.371. The van der Waals surface area contributed by atoms with Gasteiger partial charge in [0.05, 0.1) is 0 Å². The zero-order valence-corrected chi connectivity index (χ0v) is 10.1. The molecule has 0 radical (unpaired) electrons. The van der Waals surface area contributed by atoms with Crippen LogP contribution in [0.15, 0.2) is 5.16 Å². The van der Waals surface area contributed by atoms with E-state index in [2.05, 4.69) is 10.5 Å². The summed E-state index contributed by atoms with van der Waals surface area (Å²) in [6.45, 7) is 0.318. The standard InChI is InChI=1S/C10H18N4O3/c1-12-7(15)3-6-14(2)9(16)10(4-5-10)8(11)13-17/h17H,3-6H2,1-2H3,(H2,11,13)(H,12,15). The minimum Gasteiger partial charge on any atom is -0.409 e. The fraction of sp³-hybridized carbons (Fsp3) is 0.700. The first-order chi connectivity index (χ1) is 7.97. The number of carbonyl (C=O) groups excluding carboxylic acids is 2. The summed E-state index contributed by atoms with van der Waals surface area (Å²) < 4.78 is 0. The fourth-order valence-corrected chi connectivity index (χ4v) is 1.66. The zero-order valence-electron chi connectivity index (χ0n) is 10.1. The lowest BCUT2D eigenvalue weighted by molar-refractivity contribution is -0.133. The lowest BCUT2D eigenvalue weighted by Gasteiger charge is -2.22. The highest BCUT2D eigenvalue weighted by molar-refractivity contribution is 6.09. The highest BCUT2D eigenvalue weighted by Gasteiger charge is 2.55. The molecular formula is C10H18N4O3. The van der Waals surface area contributed by atoms with Crippen molar-refractivity contribution in [2.75, 3.05) is 20.6 Å². The molecule has 17 heavy (non-hydrogen) atoms. The summed E-state index contributed by atoms with van der Waals surface area (Å²) in [6, 6.07) is 0. The van der Waals surface area contributed by atoms with Crippen molar-refractivity contribution in [1.82, 2.24) is 10.2 Å². The summed E-state index contributed by atoms with van der Waals surface area (Å²) >= 11 is 0. The molecule has 96 valence electrons. The molecule has 0 spiro atoms. The molecule has 7 nitrogen and oxygen atoms in total. The van der Waals surface area contributed by atoms with Gasteiger partial charge in [0.25, 0.3) is 0 Å². The van der Waals surface area contributed by atoms with E-state index in [0.29, 0.717) is 19.4 Å². The van der Waals surface area contributed by atoms with Crippen LogP contribution >= 0.6 is 0 Å². The molecule has 0 saturated heterocycles. The quantitative estimate of drug-likeness (QED) is 0.251. The Labute approximate surface area is 99.6 Å². The van der Waals surface area contributed by atoms with E-state index >= 15 is 0 Å². The molecule has 0 aliphatic heterocycles. The number of oxime groups is 1. The maximum atomic E-state index is 12.1. The molecule has 0 atom stereocenters. The third-order valence-electron chi connectivity index (χ3n) is 3.06. The van der Waals surface area contributed by atoms with Gasteiger partial charge in [-0.1, -0.05) is 5.16 Å². The number of hydrogen-bond acceptors (Lipinski definition) is 4. The van der Waals surface area contributed by atoms with Gasteiger partial charge < -0.3 is 21.2 Å². The van der Waals surface area contributed by atoms with Gasteiger partial charge in [-0.2, -0.15) is 0 Å². The molecule has 1 saturated carbocycles. The maximum absolute atomic E-state index is 12.1. The maximum Gasteiger partial charge on any atom is 0.236 e. The van der Waals surface area contributed by atoms with Crippen LogP contribution in [0, 0.1) is 5.41 Å². The second kappa shape index (κ2) is 5.03. The van der Waals surface area contributed by atoms with Gasteiger partial charge in [-0.25, -0.2) is 0 Å². The number of carbonyl (C=O) groups is 2. The summed E-state index contributed by atoms with van der Waals surface area (Å²) in [7, 11) is 3.15. The van der Waals surface area contributed by atoms with Crippen molar-refractivity contribution in [2.45, 2.75) is 19.3 Å². The van der Waals surface area contributed by atoms with Gasteiger partial charge >= 0.3 is 0 Å². The Morgan fingerprint density at radius 3 is 2.53 bits per heavy atom. The SMILES string of the molecule is CNC(=O)CCN(C)C(=O)C1(C(N)=NO)CC1. The van der Waals surface area contributed by atoms with Crippen LogP contribution in [0.2, 0.25) is 0 Å². The van der Waals surface area contributed by atoms with E-state index in [0.717, 1.165) is 0 Å². The average molecular weight is 242 g/mol. The van der Waals surface area contributed by atoms with E-state index in [4.69, 9.17) is 10.9 Å². The van der Waals surface area contributed by atoms with Gasteiger partial charge in [0.1, 0.15) is 5.41 Å². The van der Waals surface area contributed by atoms with Crippen LogP contribution < -0.4 is 11.1 Å². The highest BCUT2D eigenvalue weighted by atomic mass is 16.4. The number of nitrogens with two attached hydrogens (primary N) is 1. The molecule has 1 aliphatic rings. The average Bonchev–Trinajstić information content (AvgIpc) is 3.14. The van der Waals surface area contributed by atoms with Crippen molar-refractivity contribution in [3.8, 4) is 0 Å². The smallest absolute Gasteiger partial charge is 0.236 e. The number of rotatable bonds is 5. The van der Waals surface area contributed by atoms with Crippen LogP contribution in [-0.4, -0.2) is 48.4 Å². The zero-order chi connectivity index (χ0) is 13.1. The number of amides is 2. The van der Waals surface area contributed by atoms with Crippen LogP contribution in [0.25, 0.3) is 0 Å². The molecule has 1 aliphatic carbocycles. The highest BCUT2D eigenvalue weighted by Crippen LogP contribution is 2.47. The Hall–Kier alpha value is -1.79. The first-order valence-electron chi connectivity index (χ1n) is 5.42. The molecule has 4 N–H and O–H groups in total. The minimum atomic E-state index is -0.841. The second-order valence-corrected chi connectivity index (χ2v) is 4.22. The molecule has 7 heteroatoms. The molecule has 0 aromatic rings. The van der Waals surface area contributed by atoms with Crippen LogP contribution in [0.4, 0.5) is 0 Å². The molecule has 0 heterocycles. The third kappa shape index (κ3) is 2.66. The summed E-state index contributed by atoms with van der Waals surface area (Å²) in [5, 5.41) is 14.0. The van der Waals surface area contributed by atoms with E-state index in [-0.39, 0.29) is 24.1 Å². The molecule has 1 rings (SSSR count). The van der Waals surface area contributed by atoms with Gasteiger partial charge in [-0.15, -0.1) is 0 Å². The Kier molecular flexibility index (Phi) is 3.93. The topological polar surface area (TPSA) is 108 Å². The summed E-state index contributed by atoms with van der Waals surface area (Å²) in [5.41, 5.74) is 4.67. The molecule has 0 unspecified atom stereocenters. The van der Waals surface area contributed by atoms with E-state index in [9.17, 15) is 9.59 Å². The first kappa shape index (κ1) is 13.3. The molecular weight excluding hydrogens is 224 g/mol. The monoisotopic (exact) mass is 242 g/mol. The van der Waals surface area contributed by atoms with E-state index in [1.54, 1.807) is 14.1 Å². The Bertz CT molecular complexity index is 349. The predicted octanol–water partition coefficient (Wildman–Crippen LogP) is -0.892. The molecule has 1 fully saturated rings. The fourth-order valence-electron chi connectivity index (χ4n) is 1.66.